The van der Waals surface area contributed by atoms with Crippen LogP contribution in [0, 0.1) is 17.2 Å². The molecule has 0 aromatic heterocycles. The maximum atomic E-state index is 11.6. The van der Waals surface area contributed by atoms with E-state index in [2.05, 4.69) is 24.5 Å². The van der Waals surface area contributed by atoms with E-state index in [1.165, 1.54) is 0 Å². The Morgan fingerprint density at radius 2 is 2.19 bits per heavy atom. The van der Waals surface area contributed by atoms with Gasteiger partial charge < -0.3 is 10.6 Å². The molecule has 16 heavy (non-hydrogen) atoms. The lowest BCUT2D eigenvalue weighted by Crippen LogP contribution is -2.35. The minimum absolute atomic E-state index is 0.250. The number of amides is 1. The molecule has 0 aliphatic heterocycles. The highest BCUT2D eigenvalue weighted by molar-refractivity contribution is 5.97. The van der Waals surface area contributed by atoms with Gasteiger partial charge in [-0.3, -0.25) is 4.79 Å². The summed E-state index contributed by atoms with van der Waals surface area (Å²) in [7, 11) is 0. The number of rotatable bonds is 6. The van der Waals surface area contributed by atoms with Crippen molar-refractivity contribution in [2.45, 2.75) is 32.7 Å². The third kappa shape index (κ3) is 4.94. The summed E-state index contributed by atoms with van der Waals surface area (Å²) in [5, 5.41) is 14.7. The first-order chi connectivity index (χ1) is 7.63. The van der Waals surface area contributed by atoms with Crippen LogP contribution in [0.4, 0.5) is 0 Å². The van der Waals surface area contributed by atoms with Crippen molar-refractivity contribution in [2.75, 3.05) is 13.1 Å². The second-order valence-corrected chi connectivity index (χ2v) is 4.39. The van der Waals surface area contributed by atoms with E-state index in [-0.39, 0.29) is 11.5 Å². The van der Waals surface area contributed by atoms with Crippen molar-refractivity contribution in [3.05, 3.63) is 11.6 Å². The molecule has 0 spiro atoms. The highest BCUT2D eigenvalue weighted by Crippen LogP contribution is 2.31. The van der Waals surface area contributed by atoms with E-state index in [0.717, 1.165) is 19.4 Å². The quantitative estimate of drug-likeness (QED) is 0.399. The van der Waals surface area contributed by atoms with Crippen molar-refractivity contribution in [2.24, 2.45) is 5.92 Å². The Hall–Kier alpha value is -1.34. The Morgan fingerprint density at radius 1 is 1.50 bits per heavy atom. The molecule has 1 amide bonds. The van der Waals surface area contributed by atoms with Crippen LogP contribution in [0.5, 0.6) is 0 Å². The van der Waals surface area contributed by atoms with Crippen molar-refractivity contribution in [3.8, 4) is 6.07 Å². The molecule has 0 bridgehead atoms. The highest BCUT2D eigenvalue weighted by Gasteiger charge is 2.21. The van der Waals surface area contributed by atoms with Gasteiger partial charge in [-0.1, -0.05) is 19.9 Å². The van der Waals surface area contributed by atoms with Gasteiger partial charge in [-0.25, -0.2) is 0 Å². The van der Waals surface area contributed by atoms with Crippen molar-refractivity contribution < 1.29 is 4.79 Å². The zero-order valence-corrected chi connectivity index (χ0v) is 9.92. The smallest absolute Gasteiger partial charge is 0.261 e. The maximum absolute atomic E-state index is 11.6. The van der Waals surface area contributed by atoms with Gasteiger partial charge in [0.2, 0.25) is 0 Å². The van der Waals surface area contributed by atoms with Gasteiger partial charge in [-0.2, -0.15) is 5.26 Å². The SMILES string of the molecule is CC(C)NCCNC(=O)/C(C#N)=C/C1CC1. The van der Waals surface area contributed by atoms with E-state index in [0.29, 0.717) is 18.5 Å². The van der Waals surface area contributed by atoms with Crippen LogP contribution >= 0.6 is 0 Å². The predicted octanol–water partition coefficient (Wildman–Crippen LogP) is 0.961. The van der Waals surface area contributed by atoms with Gasteiger partial charge in [0.25, 0.3) is 5.91 Å². The minimum Gasteiger partial charge on any atom is -0.350 e. The largest absolute Gasteiger partial charge is 0.350 e. The maximum Gasteiger partial charge on any atom is 0.261 e. The normalized spacial score (nSPS) is 16.0. The molecule has 0 radical (unpaired) electrons. The molecular formula is C12H19N3O. The summed E-state index contributed by atoms with van der Waals surface area (Å²) in [6.07, 6.45) is 3.99. The summed E-state index contributed by atoms with van der Waals surface area (Å²) < 4.78 is 0. The van der Waals surface area contributed by atoms with Crippen LogP contribution in [0.15, 0.2) is 11.6 Å². The van der Waals surface area contributed by atoms with E-state index in [1.54, 1.807) is 6.08 Å². The van der Waals surface area contributed by atoms with E-state index in [4.69, 9.17) is 5.26 Å². The van der Waals surface area contributed by atoms with Crippen LogP contribution in [0.2, 0.25) is 0 Å². The van der Waals surface area contributed by atoms with Crippen molar-refractivity contribution in [3.63, 3.8) is 0 Å². The van der Waals surface area contributed by atoms with Gasteiger partial charge >= 0.3 is 0 Å². The molecule has 4 nitrogen and oxygen atoms in total. The summed E-state index contributed by atoms with van der Waals surface area (Å²) in [5.74, 6) is 0.203. The average Bonchev–Trinajstić information content (AvgIpc) is 3.04. The molecule has 0 atom stereocenters. The Balaban J connectivity index is 2.25. The molecule has 2 N–H and O–H groups in total. The molecule has 1 fully saturated rings. The fourth-order valence-electron chi connectivity index (χ4n) is 1.29. The number of nitriles is 1. The molecule has 0 aromatic rings. The van der Waals surface area contributed by atoms with Crippen LogP contribution in [0.25, 0.3) is 0 Å². The zero-order chi connectivity index (χ0) is 12.0. The van der Waals surface area contributed by atoms with E-state index in [1.807, 2.05) is 6.07 Å². The van der Waals surface area contributed by atoms with E-state index in [9.17, 15) is 4.79 Å². The third-order valence-electron chi connectivity index (χ3n) is 2.35. The third-order valence-corrected chi connectivity index (χ3v) is 2.35. The molecule has 88 valence electrons. The summed E-state index contributed by atoms with van der Waals surface area (Å²) in [5.41, 5.74) is 0.257. The standard InChI is InChI=1S/C12H19N3O/c1-9(2)14-5-6-15-12(16)11(8-13)7-10-3-4-10/h7,9-10,14H,3-6H2,1-2H3,(H,15,16)/b11-7+. The molecule has 1 aliphatic carbocycles. The fourth-order valence-corrected chi connectivity index (χ4v) is 1.29. The molecule has 1 saturated carbocycles. The minimum atomic E-state index is -0.250. The lowest BCUT2D eigenvalue weighted by atomic mass is 10.2. The number of carbonyl (C=O) groups is 1. The first-order valence-corrected chi connectivity index (χ1v) is 5.77. The zero-order valence-electron chi connectivity index (χ0n) is 9.92. The number of nitrogens with one attached hydrogen (secondary N) is 2. The Morgan fingerprint density at radius 3 is 2.69 bits per heavy atom. The van der Waals surface area contributed by atoms with Gasteiger partial charge in [-0.15, -0.1) is 0 Å². The lowest BCUT2D eigenvalue weighted by molar-refractivity contribution is -0.117. The first kappa shape index (κ1) is 12.7. The second-order valence-electron chi connectivity index (χ2n) is 4.39. The molecule has 0 unspecified atom stereocenters. The molecule has 4 heteroatoms. The van der Waals surface area contributed by atoms with E-state index >= 15 is 0 Å². The van der Waals surface area contributed by atoms with Gasteiger partial charge in [0.05, 0.1) is 0 Å². The van der Waals surface area contributed by atoms with Crippen molar-refractivity contribution >= 4 is 5.91 Å². The number of hydrogen-bond acceptors (Lipinski definition) is 3. The number of hydrogen-bond donors (Lipinski definition) is 2. The van der Waals surface area contributed by atoms with Crippen LogP contribution in [0.1, 0.15) is 26.7 Å². The average molecular weight is 221 g/mol. The lowest BCUT2D eigenvalue weighted by Gasteiger charge is -2.08. The molecule has 1 rings (SSSR count). The number of nitrogens with zero attached hydrogens (tertiary/aromatic N) is 1. The van der Waals surface area contributed by atoms with Crippen LogP contribution in [0.3, 0.4) is 0 Å². The topological polar surface area (TPSA) is 64.9 Å². The van der Waals surface area contributed by atoms with Gasteiger partial charge in [0.1, 0.15) is 11.6 Å². The summed E-state index contributed by atoms with van der Waals surface area (Å²) in [6, 6.07) is 2.36. The Bertz CT molecular complexity index is 311. The first-order valence-electron chi connectivity index (χ1n) is 5.77. The summed E-state index contributed by atoms with van der Waals surface area (Å²) in [6.45, 7) is 5.39. The van der Waals surface area contributed by atoms with Gasteiger partial charge in [-0.05, 0) is 18.8 Å². The van der Waals surface area contributed by atoms with Crippen LogP contribution in [-0.4, -0.2) is 25.0 Å². The number of carbonyl (C=O) groups excluding carboxylic acids is 1. The molecular weight excluding hydrogens is 202 g/mol. The fraction of sp³-hybridized carbons (Fsp3) is 0.667. The molecule has 0 aromatic carbocycles. The van der Waals surface area contributed by atoms with Crippen molar-refractivity contribution in [1.82, 2.24) is 10.6 Å². The number of allylic oxidation sites excluding steroid dienone is 1. The van der Waals surface area contributed by atoms with Crippen molar-refractivity contribution in [1.29, 1.82) is 5.26 Å². The molecule has 0 saturated heterocycles. The molecule has 1 aliphatic rings. The Labute approximate surface area is 96.7 Å². The van der Waals surface area contributed by atoms with Gasteiger partial charge in [0, 0.05) is 19.1 Å². The molecule has 0 heterocycles. The highest BCUT2D eigenvalue weighted by atomic mass is 16.1. The predicted molar refractivity (Wildman–Crippen MR) is 62.6 cm³/mol. The summed E-state index contributed by atoms with van der Waals surface area (Å²) >= 11 is 0. The Kier molecular flexibility index (Phi) is 5.00. The monoisotopic (exact) mass is 221 g/mol. The van der Waals surface area contributed by atoms with Crippen LogP contribution in [-0.2, 0) is 4.79 Å². The van der Waals surface area contributed by atoms with Crippen LogP contribution < -0.4 is 10.6 Å². The summed E-state index contributed by atoms with van der Waals surface area (Å²) in [4.78, 5) is 11.6. The van der Waals surface area contributed by atoms with Gasteiger partial charge in [0.15, 0.2) is 0 Å². The second kappa shape index (κ2) is 6.29. The van der Waals surface area contributed by atoms with E-state index < -0.39 is 0 Å².